The summed E-state index contributed by atoms with van der Waals surface area (Å²) in [5, 5.41) is 20.8. The van der Waals surface area contributed by atoms with Crippen molar-refractivity contribution in [2.24, 2.45) is 0 Å². The van der Waals surface area contributed by atoms with Gasteiger partial charge >= 0.3 is 0 Å². The number of rotatable bonds is 4. The topological polar surface area (TPSA) is 139 Å². The number of benzene rings is 2. The van der Waals surface area contributed by atoms with Crippen LogP contribution in [0.3, 0.4) is 0 Å². The number of ether oxygens (including phenoxy) is 1. The molecule has 0 aromatic heterocycles. The van der Waals surface area contributed by atoms with Crippen molar-refractivity contribution in [3.8, 4) is 11.5 Å². The summed E-state index contributed by atoms with van der Waals surface area (Å²) in [5.74, 6) is -0.386. The lowest BCUT2D eigenvalue weighted by Crippen LogP contribution is -2.48. The van der Waals surface area contributed by atoms with Crippen LogP contribution in [0.5, 0.6) is 11.5 Å². The third-order valence-electron chi connectivity index (χ3n) is 4.27. The molecular weight excluding hydrogens is 402 g/mol. The molecule has 1 heterocycles. The van der Waals surface area contributed by atoms with Gasteiger partial charge in [-0.15, -0.1) is 0 Å². The first kappa shape index (κ1) is 20.4. The molecule has 0 saturated heterocycles. The van der Waals surface area contributed by atoms with Gasteiger partial charge in [0.1, 0.15) is 17.1 Å². The van der Waals surface area contributed by atoms with Crippen LogP contribution in [0.2, 0.25) is 0 Å². The van der Waals surface area contributed by atoms with Gasteiger partial charge in [-0.25, -0.2) is 8.42 Å². The summed E-state index contributed by atoms with van der Waals surface area (Å²) in [6, 6.07) is 7.00. The fraction of sp³-hybridized carbons (Fsp3) is 0.278. The molecule has 29 heavy (non-hydrogen) atoms. The zero-order valence-corrected chi connectivity index (χ0v) is 16.7. The molecule has 10 nitrogen and oxygen atoms in total. The summed E-state index contributed by atoms with van der Waals surface area (Å²) < 4.78 is 33.5. The average Bonchev–Trinajstić information content (AvgIpc) is 2.61. The molecule has 0 bridgehead atoms. The number of sulfonamides is 1. The van der Waals surface area contributed by atoms with Crippen molar-refractivity contribution in [2.45, 2.75) is 31.3 Å². The Bertz CT molecular complexity index is 1110. The van der Waals surface area contributed by atoms with Crippen molar-refractivity contribution >= 4 is 33.0 Å². The fourth-order valence-electron chi connectivity index (χ4n) is 2.96. The summed E-state index contributed by atoms with van der Waals surface area (Å²) in [6.07, 6.45) is 0. The Morgan fingerprint density at radius 1 is 1.28 bits per heavy atom. The lowest BCUT2D eigenvalue weighted by molar-refractivity contribution is -0.384. The predicted octanol–water partition coefficient (Wildman–Crippen LogP) is 2.63. The highest BCUT2D eigenvalue weighted by atomic mass is 32.2. The van der Waals surface area contributed by atoms with Gasteiger partial charge in [-0.3, -0.25) is 19.6 Å². The highest BCUT2D eigenvalue weighted by molar-refractivity contribution is 7.92. The number of nitrogens with zero attached hydrogens (tertiary/aromatic N) is 2. The smallest absolute Gasteiger partial charge is 0.271 e. The van der Waals surface area contributed by atoms with Crippen LogP contribution in [0.1, 0.15) is 20.8 Å². The van der Waals surface area contributed by atoms with Crippen LogP contribution in [0.4, 0.5) is 17.1 Å². The highest BCUT2D eigenvalue weighted by Gasteiger charge is 2.34. The molecule has 3 rings (SSSR count). The number of aromatic hydroxyl groups is 1. The summed E-state index contributed by atoms with van der Waals surface area (Å²) >= 11 is 0. The molecule has 2 aromatic rings. The van der Waals surface area contributed by atoms with Gasteiger partial charge in [0, 0.05) is 19.1 Å². The first-order chi connectivity index (χ1) is 13.4. The zero-order valence-electron chi connectivity index (χ0n) is 15.9. The molecule has 0 aliphatic carbocycles. The Labute approximate surface area is 166 Å². The summed E-state index contributed by atoms with van der Waals surface area (Å²) in [4.78, 5) is 23.5. The maximum atomic E-state index is 12.8. The van der Waals surface area contributed by atoms with E-state index in [0.29, 0.717) is 11.4 Å². The number of amides is 1. The van der Waals surface area contributed by atoms with Crippen molar-refractivity contribution in [3.63, 3.8) is 0 Å². The number of non-ortho nitro benzene ring substituents is 1. The average molecular weight is 421 g/mol. The molecule has 11 heteroatoms. The van der Waals surface area contributed by atoms with E-state index in [1.54, 1.807) is 0 Å². The zero-order chi connectivity index (χ0) is 21.6. The summed E-state index contributed by atoms with van der Waals surface area (Å²) in [7, 11) is -4.22. The molecule has 1 aliphatic rings. The van der Waals surface area contributed by atoms with E-state index in [4.69, 9.17) is 4.74 Å². The number of phenolic OH excluding ortho intramolecular Hbond substituents is 1. The van der Waals surface area contributed by atoms with E-state index in [0.717, 1.165) is 18.2 Å². The second-order valence-corrected chi connectivity index (χ2v) is 8.84. The van der Waals surface area contributed by atoms with E-state index in [1.807, 2.05) is 13.8 Å². The highest BCUT2D eigenvalue weighted by Crippen LogP contribution is 2.39. The van der Waals surface area contributed by atoms with Crippen LogP contribution in [-0.2, 0) is 14.8 Å². The molecule has 0 radical (unpaired) electrons. The van der Waals surface area contributed by atoms with Gasteiger partial charge in [0.15, 0.2) is 0 Å². The molecule has 0 saturated carbocycles. The molecule has 0 atom stereocenters. The maximum absolute atomic E-state index is 12.8. The van der Waals surface area contributed by atoms with Crippen LogP contribution >= 0.6 is 0 Å². The third kappa shape index (κ3) is 4.09. The second kappa shape index (κ2) is 6.92. The van der Waals surface area contributed by atoms with Crippen LogP contribution in [-0.4, -0.2) is 36.5 Å². The van der Waals surface area contributed by atoms with E-state index in [-0.39, 0.29) is 28.7 Å². The van der Waals surface area contributed by atoms with Gasteiger partial charge < -0.3 is 14.7 Å². The SMILES string of the molecule is CC(=O)N1CC(C)(C)Oc2ccc(S(=O)(=O)Nc3cc([N+](=O)[O-])ccc3O)cc21. The normalized spacial score (nSPS) is 15.2. The number of nitro benzene ring substituents is 1. The maximum Gasteiger partial charge on any atom is 0.271 e. The lowest BCUT2D eigenvalue weighted by Gasteiger charge is -2.39. The van der Waals surface area contributed by atoms with Gasteiger partial charge in [0.05, 0.1) is 27.7 Å². The number of phenols is 1. The monoisotopic (exact) mass is 421 g/mol. The van der Waals surface area contributed by atoms with Gasteiger partial charge in [0.2, 0.25) is 5.91 Å². The van der Waals surface area contributed by atoms with Gasteiger partial charge in [-0.05, 0) is 38.1 Å². The molecule has 2 aromatic carbocycles. The quantitative estimate of drug-likeness (QED) is 0.439. The van der Waals surface area contributed by atoms with Crippen molar-refractivity contribution in [3.05, 3.63) is 46.5 Å². The third-order valence-corrected chi connectivity index (χ3v) is 5.64. The first-order valence-electron chi connectivity index (χ1n) is 8.51. The molecule has 1 amide bonds. The fourth-order valence-corrected chi connectivity index (χ4v) is 4.05. The molecule has 154 valence electrons. The predicted molar refractivity (Wildman–Crippen MR) is 105 cm³/mol. The molecule has 0 spiro atoms. The number of fused-ring (bicyclic) bond motifs is 1. The number of hydrogen-bond donors (Lipinski definition) is 2. The first-order valence-corrected chi connectivity index (χ1v) is 9.99. The van der Waals surface area contributed by atoms with Gasteiger partial charge in [-0.2, -0.15) is 0 Å². The minimum absolute atomic E-state index is 0.197. The standard InChI is InChI=1S/C18H19N3O7S/c1-11(22)20-10-18(2,3)28-17-7-5-13(9-15(17)20)29(26,27)19-14-8-12(21(24)25)4-6-16(14)23/h4-9,19,23H,10H2,1-3H3. The molecule has 0 unspecified atom stereocenters. The van der Waals surface area contributed by atoms with Crippen LogP contribution < -0.4 is 14.4 Å². The number of anilines is 2. The Morgan fingerprint density at radius 3 is 2.59 bits per heavy atom. The molecule has 2 N–H and O–H groups in total. The van der Waals surface area contributed by atoms with E-state index in [1.165, 1.54) is 30.0 Å². The Hall–Kier alpha value is -3.34. The minimum Gasteiger partial charge on any atom is -0.506 e. The molecule has 0 fully saturated rings. The minimum atomic E-state index is -4.22. The van der Waals surface area contributed by atoms with Crippen molar-refractivity contribution in [1.29, 1.82) is 0 Å². The largest absolute Gasteiger partial charge is 0.506 e. The lowest BCUT2D eigenvalue weighted by atomic mass is 10.1. The number of hydrogen-bond acceptors (Lipinski definition) is 7. The molecular formula is C18H19N3O7S. The number of nitro groups is 1. The number of nitrogens with one attached hydrogen (secondary N) is 1. The van der Waals surface area contributed by atoms with Gasteiger partial charge in [-0.1, -0.05) is 0 Å². The van der Waals surface area contributed by atoms with Crippen molar-refractivity contribution < 1.29 is 28.0 Å². The van der Waals surface area contributed by atoms with E-state index in [2.05, 4.69) is 4.72 Å². The summed E-state index contributed by atoms with van der Waals surface area (Å²) in [5.41, 5.74) is -1.07. The summed E-state index contributed by atoms with van der Waals surface area (Å²) in [6.45, 7) is 5.22. The number of carbonyl (C=O) groups excluding carboxylic acids is 1. The van der Waals surface area contributed by atoms with E-state index >= 15 is 0 Å². The van der Waals surface area contributed by atoms with Crippen molar-refractivity contribution in [2.75, 3.05) is 16.2 Å². The molecule has 1 aliphatic heterocycles. The Kier molecular flexibility index (Phi) is 4.87. The van der Waals surface area contributed by atoms with E-state index < -0.39 is 26.3 Å². The Morgan fingerprint density at radius 2 is 1.97 bits per heavy atom. The van der Waals surface area contributed by atoms with Crippen LogP contribution in [0.15, 0.2) is 41.3 Å². The van der Waals surface area contributed by atoms with E-state index in [9.17, 15) is 28.4 Å². The van der Waals surface area contributed by atoms with Crippen LogP contribution in [0, 0.1) is 10.1 Å². The Balaban J connectivity index is 2.01. The van der Waals surface area contributed by atoms with Gasteiger partial charge in [0.25, 0.3) is 15.7 Å². The van der Waals surface area contributed by atoms with Crippen LogP contribution in [0.25, 0.3) is 0 Å². The second-order valence-electron chi connectivity index (χ2n) is 7.16. The number of carbonyl (C=O) groups is 1. The van der Waals surface area contributed by atoms with Crippen molar-refractivity contribution in [1.82, 2.24) is 0 Å².